The lowest BCUT2D eigenvalue weighted by Gasteiger charge is -2.27. The molecule has 20 heavy (non-hydrogen) atoms. The number of hydrogen-bond donors (Lipinski definition) is 2. The molecule has 108 valence electrons. The van der Waals surface area contributed by atoms with Crippen LogP contribution in [-0.4, -0.2) is 35.1 Å². The van der Waals surface area contributed by atoms with Gasteiger partial charge in [-0.2, -0.15) is 0 Å². The molecule has 1 aromatic rings. The topological polar surface area (TPSA) is 69.6 Å². The first kappa shape index (κ1) is 14.4. The Balaban J connectivity index is 2.16. The van der Waals surface area contributed by atoms with Crippen LogP contribution in [0.2, 0.25) is 0 Å². The first-order valence-electron chi connectivity index (χ1n) is 6.89. The van der Waals surface area contributed by atoms with E-state index in [1.165, 1.54) is 6.07 Å². The number of carboxylic acids is 1. The van der Waals surface area contributed by atoms with Crippen molar-refractivity contribution in [3.63, 3.8) is 0 Å². The van der Waals surface area contributed by atoms with E-state index in [9.17, 15) is 14.7 Å². The Kier molecular flexibility index (Phi) is 4.27. The van der Waals surface area contributed by atoms with E-state index < -0.39 is 5.97 Å². The first-order valence-corrected chi connectivity index (χ1v) is 6.89. The zero-order valence-corrected chi connectivity index (χ0v) is 11.9. The van der Waals surface area contributed by atoms with Gasteiger partial charge in [-0.3, -0.25) is 0 Å². The molecule has 1 saturated heterocycles. The van der Waals surface area contributed by atoms with Crippen molar-refractivity contribution in [3.05, 3.63) is 28.8 Å². The summed E-state index contributed by atoms with van der Waals surface area (Å²) in [6.07, 6.45) is 3.22. The summed E-state index contributed by atoms with van der Waals surface area (Å²) in [5, 5.41) is 12.0. The minimum atomic E-state index is -0.973. The Labute approximate surface area is 118 Å². The van der Waals surface area contributed by atoms with Gasteiger partial charge in [0.15, 0.2) is 0 Å². The third-order valence-corrected chi connectivity index (χ3v) is 3.79. The van der Waals surface area contributed by atoms with Crippen LogP contribution >= 0.6 is 0 Å². The fourth-order valence-electron chi connectivity index (χ4n) is 2.45. The average molecular weight is 276 g/mol. The van der Waals surface area contributed by atoms with Crippen LogP contribution < -0.4 is 5.32 Å². The number of piperidine rings is 1. The van der Waals surface area contributed by atoms with E-state index >= 15 is 0 Å². The molecule has 0 spiro atoms. The zero-order valence-electron chi connectivity index (χ0n) is 11.9. The van der Waals surface area contributed by atoms with Crippen LogP contribution in [0.15, 0.2) is 12.1 Å². The highest BCUT2D eigenvalue weighted by atomic mass is 16.4. The normalized spacial score (nSPS) is 15.0. The number of nitrogens with zero attached hydrogens (tertiary/aromatic N) is 1. The van der Waals surface area contributed by atoms with Crippen LogP contribution in [0.3, 0.4) is 0 Å². The summed E-state index contributed by atoms with van der Waals surface area (Å²) in [6.45, 7) is 5.15. The van der Waals surface area contributed by atoms with Crippen molar-refractivity contribution in [1.29, 1.82) is 0 Å². The molecule has 1 fully saturated rings. The molecular weight excluding hydrogens is 256 g/mol. The van der Waals surface area contributed by atoms with Crippen LogP contribution in [0.25, 0.3) is 0 Å². The second kappa shape index (κ2) is 5.94. The zero-order chi connectivity index (χ0) is 14.7. The second-order valence-electron chi connectivity index (χ2n) is 5.25. The van der Waals surface area contributed by atoms with Gasteiger partial charge in [-0.25, -0.2) is 9.59 Å². The SMILES string of the molecule is Cc1cc(NC(=O)N2CCCCC2)cc(C(=O)O)c1C. The number of amides is 2. The molecule has 0 aliphatic carbocycles. The number of anilines is 1. The Bertz CT molecular complexity index is 534. The standard InChI is InChI=1S/C15H20N2O3/c1-10-8-12(9-13(11(10)2)14(18)19)16-15(20)17-6-4-3-5-7-17/h8-9H,3-7H2,1-2H3,(H,16,20)(H,18,19). The smallest absolute Gasteiger partial charge is 0.336 e. The van der Waals surface area contributed by atoms with Gasteiger partial charge in [0.1, 0.15) is 0 Å². The number of aromatic carboxylic acids is 1. The highest BCUT2D eigenvalue weighted by molar-refractivity contribution is 5.94. The van der Waals surface area contributed by atoms with Crippen molar-refractivity contribution >= 4 is 17.7 Å². The molecule has 5 nitrogen and oxygen atoms in total. The number of urea groups is 1. The maximum atomic E-state index is 12.1. The monoisotopic (exact) mass is 276 g/mol. The number of hydrogen-bond acceptors (Lipinski definition) is 2. The van der Waals surface area contributed by atoms with Gasteiger partial charge in [0.25, 0.3) is 0 Å². The Hall–Kier alpha value is -2.04. The maximum Gasteiger partial charge on any atom is 0.336 e. The quantitative estimate of drug-likeness (QED) is 0.872. The molecule has 1 aliphatic heterocycles. The fourth-order valence-corrected chi connectivity index (χ4v) is 2.45. The number of aryl methyl sites for hydroxylation is 1. The van der Waals surface area contributed by atoms with Gasteiger partial charge in [-0.05, 0) is 56.4 Å². The van der Waals surface area contributed by atoms with Crippen LogP contribution in [-0.2, 0) is 0 Å². The van der Waals surface area contributed by atoms with Crippen molar-refractivity contribution < 1.29 is 14.7 Å². The van der Waals surface area contributed by atoms with Gasteiger partial charge in [-0.1, -0.05) is 0 Å². The molecule has 0 atom stereocenters. The van der Waals surface area contributed by atoms with Gasteiger partial charge in [-0.15, -0.1) is 0 Å². The Morgan fingerprint density at radius 3 is 2.40 bits per heavy atom. The summed E-state index contributed by atoms with van der Waals surface area (Å²) in [6, 6.07) is 3.18. The van der Waals surface area contributed by atoms with Crippen LogP contribution in [0, 0.1) is 13.8 Å². The van der Waals surface area contributed by atoms with E-state index in [1.54, 1.807) is 11.8 Å². The lowest BCUT2D eigenvalue weighted by atomic mass is 10.0. The van der Waals surface area contributed by atoms with E-state index in [0.717, 1.165) is 43.5 Å². The predicted molar refractivity (Wildman–Crippen MR) is 77.3 cm³/mol. The number of likely N-dealkylation sites (tertiary alicyclic amines) is 1. The fraction of sp³-hybridized carbons (Fsp3) is 0.467. The van der Waals surface area contributed by atoms with Crippen molar-refractivity contribution in [2.24, 2.45) is 0 Å². The molecule has 1 aromatic carbocycles. The lowest BCUT2D eigenvalue weighted by Crippen LogP contribution is -2.38. The number of benzene rings is 1. The molecular formula is C15H20N2O3. The number of rotatable bonds is 2. The molecule has 2 N–H and O–H groups in total. The summed E-state index contributed by atoms with van der Waals surface area (Å²) in [7, 11) is 0. The summed E-state index contributed by atoms with van der Waals surface area (Å²) in [5.41, 5.74) is 2.37. The maximum absolute atomic E-state index is 12.1. The van der Waals surface area contributed by atoms with Crippen molar-refractivity contribution in [3.8, 4) is 0 Å². The molecule has 1 heterocycles. The molecule has 0 saturated carbocycles. The van der Waals surface area contributed by atoms with Crippen LogP contribution in [0.4, 0.5) is 10.5 Å². The summed E-state index contributed by atoms with van der Waals surface area (Å²) < 4.78 is 0. The minimum Gasteiger partial charge on any atom is -0.478 e. The van der Waals surface area contributed by atoms with Gasteiger partial charge in [0.2, 0.25) is 0 Å². The van der Waals surface area contributed by atoms with Gasteiger partial charge >= 0.3 is 12.0 Å². The van der Waals surface area contributed by atoms with E-state index in [2.05, 4.69) is 5.32 Å². The highest BCUT2D eigenvalue weighted by Crippen LogP contribution is 2.21. The number of carbonyl (C=O) groups excluding carboxylic acids is 1. The molecule has 0 unspecified atom stereocenters. The third-order valence-electron chi connectivity index (χ3n) is 3.79. The Morgan fingerprint density at radius 1 is 1.15 bits per heavy atom. The van der Waals surface area contributed by atoms with E-state index in [-0.39, 0.29) is 11.6 Å². The predicted octanol–water partition coefficient (Wildman–Crippen LogP) is 3.02. The molecule has 1 aliphatic rings. The first-order chi connectivity index (χ1) is 9.49. The van der Waals surface area contributed by atoms with Gasteiger partial charge < -0.3 is 15.3 Å². The van der Waals surface area contributed by atoms with Crippen LogP contribution in [0.1, 0.15) is 40.7 Å². The minimum absolute atomic E-state index is 0.149. The molecule has 2 rings (SSSR count). The molecule has 0 radical (unpaired) electrons. The largest absolute Gasteiger partial charge is 0.478 e. The number of carbonyl (C=O) groups is 2. The summed E-state index contributed by atoms with van der Waals surface area (Å²) >= 11 is 0. The van der Waals surface area contributed by atoms with Gasteiger partial charge in [0.05, 0.1) is 5.56 Å². The summed E-state index contributed by atoms with van der Waals surface area (Å²) in [4.78, 5) is 25.1. The summed E-state index contributed by atoms with van der Waals surface area (Å²) in [5.74, 6) is -0.973. The number of nitrogens with one attached hydrogen (secondary N) is 1. The number of carboxylic acid groups (broad SMARTS) is 1. The van der Waals surface area contributed by atoms with E-state index in [1.807, 2.05) is 13.0 Å². The molecule has 0 bridgehead atoms. The van der Waals surface area contributed by atoms with Crippen molar-refractivity contribution in [2.75, 3.05) is 18.4 Å². The lowest BCUT2D eigenvalue weighted by molar-refractivity contribution is 0.0696. The molecule has 0 aromatic heterocycles. The molecule has 2 amide bonds. The molecule has 5 heteroatoms. The van der Waals surface area contributed by atoms with Crippen molar-refractivity contribution in [1.82, 2.24) is 4.90 Å². The highest BCUT2D eigenvalue weighted by Gasteiger charge is 2.18. The second-order valence-corrected chi connectivity index (χ2v) is 5.25. The van der Waals surface area contributed by atoms with Crippen molar-refractivity contribution in [2.45, 2.75) is 33.1 Å². The van der Waals surface area contributed by atoms with Gasteiger partial charge in [0, 0.05) is 18.8 Å². The van der Waals surface area contributed by atoms with E-state index in [4.69, 9.17) is 0 Å². The van der Waals surface area contributed by atoms with E-state index in [0.29, 0.717) is 5.69 Å². The third kappa shape index (κ3) is 3.10. The average Bonchev–Trinajstić information content (AvgIpc) is 2.43. The van der Waals surface area contributed by atoms with Crippen LogP contribution in [0.5, 0.6) is 0 Å². The Morgan fingerprint density at radius 2 is 1.80 bits per heavy atom.